The van der Waals surface area contributed by atoms with E-state index in [0.29, 0.717) is 24.8 Å². The largest absolute Gasteiger partial charge is 0.441 e. The summed E-state index contributed by atoms with van der Waals surface area (Å²) in [6, 6.07) is 5.78. The fourth-order valence-electron chi connectivity index (χ4n) is 1.84. The van der Waals surface area contributed by atoms with Gasteiger partial charge in [-0.25, -0.2) is 4.98 Å². The second kappa shape index (κ2) is 5.21. The molecule has 1 N–H and O–H groups in total. The van der Waals surface area contributed by atoms with Gasteiger partial charge in [0.05, 0.1) is 0 Å². The number of nitrogens with one attached hydrogen (secondary N) is 1. The van der Waals surface area contributed by atoms with Gasteiger partial charge >= 0.3 is 0 Å². The summed E-state index contributed by atoms with van der Waals surface area (Å²) < 4.78 is 5.40. The minimum atomic E-state index is 0.0847. The SMILES string of the molecule is Cc1nc2cc(CNC(=O)CC(C)C)ccc2o1. The number of hydrogen-bond acceptors (Lipinski definition) is 3. The Morgan fingerprint density at radius 2 is 2.22 bits per heavy atom. The average molecular weight is 246 g/mol. The zero-order valence-corrected chi connectivity index (χ0v) is 11.0. The van der Waals surface area contributed by atoms with Crippen LogP contribution in [0.2, 0.25) is 0 Å². The van der Waals surface area contributed by atoms with E-state index in [0.717, 1.165) is 16.7 Å². The Bertz CT molecular complexity index is 558. The molecule has 4 heteroatoms. The lowest BCUT2D eigenvalue weighted by Crippen LogP contribution is -2.23. The van der Waals surface area contributed by atoms with E-state index in [-0.39, 0.29) is 5.91 Å². The average Bonchev–Trinajstić information content (AvgIpc) is 2.64. The van der Waals surface area contributed by atoms with Crippen LogP contribution in [-0.2, 0) is 11.3 Å². The van der Waals surface area contributed by atoms with Gasteiger partial charge in [0, 0.05) is 19.9 Å². The van der Waals surface area contributed by atoms with Crippen molar-refractivity contribution in [1.29, 1.82) is 0 Å². The molecule has 0 saturated carbocycles. The molecule has 1 amide bonds. The number of nitrogens with zero attached hydrogens (tertiary/aromatic N) is 1. The van der Waals surface area contributed by atoms with Gasteiger partial charge in [-0.2, -0.15) is 0 Å². The quantitative estimate of drug-likeness (QED) is 0.902. The molecule has 96 valence electrons. The third kappa shape index (κ3) is 3.09. The standard InChI is InChI=1S/C14H18N2O2/c1-9(2)6-14(17)15-8-11-4-5-13-12(7-11)16-10(3)18-13/h4-5,7,9H,6,8H2,1-3H3,(H,15,17). The monoisotopic (exact) mass is 246 g/mol. The molecule has 2 aromatic rings. The summed E-state index contributed by atoms with van der Waals surface area (Å²) in [6.07, 6.45) is 0.561. The molecule has 0 unspecified atom stereocenters. The van der Waals surface area contributed by atoms with Crippen molar-refractivity contribution in [1.82, 2.24) is 10.3 Å². The highest BCUT2D eigenvalue weighted by Crippen LogP contribution is 2.16. The summed E-state index contributed by atoms with van der Waals surface area (Å²) >= 11 is 0. The van der Waals surface area contributed by atoms with Crippen molar-refractivity contribution < 1.29 is 9.21 Å². The zero-order chi connectivity index (χ0) is 13.1. The summed E-state index contributed by atoms with van der Waals surface area (Å²) in [5.74, 6) is 1.12. The number of fused-ring (bicyclic) bond motifs is 1. The molecule has 0 atom stereocenters. The molecule has 0 radical (unpaired) electrons. The van der Waals surface area contributed by atoms with Crippen molar-refractivity contribution >= 4 is 17.0 Å². The molecule has 0 fully saturated rings. The van der Waals surface area contributed by atoms with Crippen molar-refractivity contribution in [2.24, 2.45) is 5.92 Å². The zero-order valence-electron chi connectivity index (χ0n) is 11.0. The lowest BCUT2D eigenvalue weighted by Gasteiger charge is -2.06. The molecule has 0 saturated heterocycles. The summed E-state index contributed by atoms with van der Waals surface area (Å²) in [4.78, 5) is 15.8. The van der Waals surface area contributed by atoms with Gasteiger partial charge in [0.25, 0.3) is 0 Å². The van der Waals surface area contributed by atoms with Crippen molar-refractivity contribution in [3.63, 3.8) is 0 Å². The highest BCUT2D eigenvalue weighted by atomic mass is 16.3. The van der Waals surface area contributed by atoms with Crippen LogP contribution in [-0.4, -0.2) is 10.9 Å². The Hall–Kier alpha value is -1.84. The first-order valence-corrected chi connectivity index (χ1v) is 6.17. The van der Waals surface area contributed by atoms with E-state index >= 15 is 0 Å². The molecule has 0 bridgehead atoms. The van der Waals surface area contributed by atoms with Crippen LogP contribution in [0.3, 0.4) is 0 Å². The molecule has 1 aromatic heterocycles. The van der Waals surface area contributed by atoms with E-state index in [1.54, 1.807) is 0 Å². The fourth-order valence-corrected chi connectivity index (χ4v) is 1.84. The maximum Gasteiger partial charge on any atom is 0.220 e. The molecular formula is C14H18N2O2. The van der Waals surface area contributed by atoms with E-state index in [2.05, 4.69) is 10.3 Å². The first-order valence-electron chi connectivity index (χ1n) is 6.17. The van der Waals surface area contributed by atoms with Crippen LogP contribution in [0, 0.1) is 12.8 Å². The third-order valence-corrected chi connectivity index (χ3v) is 2.64. The molecule has 18 heavy (non-hydrogen) atoms. The molecule has 0 spiro atoms. The number of rotatable bonds is 4. The molecule has 1 heterocycles. The van der Waals surface area contributed by atoms with Crippen LogP contribution < -0.4 is 5.32 Å². The van der Waals surface area contributed by atoms with E-state index in [1.165, 1.54) is 0 Å². The number of aromatic nitrogens is 1. The summed E-state index contributed by atoms with van der Waals surface area (Å²) in [7, 11) is 0. The molecule has 4 nitrogen and oxygen atoms in total. The predicted molar refractivity (Wildman–Crippen MR) is 70.0 cm³/mol. The number of oxazole rings is 1. The molecule has 1 aromatic carbocycles. The summed E-state index contributed by atoms with van der Waals surface area (Å²) in [5.41, 5.74) is 2.65. The molecule has 0 aliphatic heterocycles. The van der Waals surface area contributed by atoms with Gasteiger partial charge in [0.2, 0.25) is 5.91 Å². The predicted octanol–water partition coefficient (Wildman–Crippen LogP) is 2.80. The minimum absolute atomic E-state index is 0.0847. The van der Waals surface area contributed by atoms with Crippen molar-refractivity contribution in [2.45, 2.75) is 33.7 Å². The minimum Gasteiger partial charge on any atom is -0.441 e. The Balaban J connectivity index is 2.01. The number of aryl methyl sites for hydroxylation is 1. The lowest BCUT2D eigenvalue weighted by atomic mass is 10.1. The van der Waals surface area contributed by atoms with Crippen molar-refractivity contribution in [3.8, 4) is 0 Å². The Labute approximate surface area is 106 Å². The number of carbonyl (C=O) groups excluding carboxylic acids is 1. The van der Waals surface area contributed by atoms with Gasteiger partial charge in [-0.1, -0.05) is 19.9 Å². The molecule has 2 rings (SSSR count). The van der Waals surface area contributed by atoms with Crippen LogP contribution in [0.5, 0.6) is 0 Å². The van der Waals surface area contributed by atoms with Crippen LogP contribution in [0.15, 0.2) is 22.6 Å². The van der Waals surface area contributed by atoms with Gasteiger partial charge in [-0.15, -0.1) is 0 Å². The van der Waals surface area contributed by atoms with Gasteiger partial charge in [0.15, 0.2) is 11.5 Å². The number of hydrogen-bond donors (Lipinski definition) is 1. The van der Waals surface area contributed by atoms with Crippen molar-refractivity contribution in [2.75, 3.05) is 0 Å². The Kier molecular flexibility index (Phi) is 3.65. The van der Waals surface area contributed by atoms with Gasteiger partial charge < -0.3 is 9.73 Å². The van der Waals surface area contributed by atoms with E-state index in [1.807, 2.05) is 39.0 Å². The van der Waals surface area contributed by atoms with Gasteiger partial charge in [0.1, 0.15) is 5.52 Å². The molecule has 0 aliphatic carbocycles. The van der Waals surface area contributed by atoms with Crippen LogP contribution in [0.1, 0.15) is 31.7 Å². The van der Waals surface area contributed by atoms with Crippen LogP contribution in [0.25, 0.3) is 11.1 Å². The summed E-state index contributed by atoms with van der Waals surface area (Å²) in [5, 5.41) is 2.90. The summed E-state index contributed by atoms with van der Waals surface area (Å²) in [6.45, 7) is 6.42. The van der Waals surface area contributed by atoms with Crippen LogP contribution >= 0.6 is 0 Å². The second-order valence-electron chi connectivity index (χ2n) is 4.91. The molecular weight excluding hydrogens is 228 g/mol. The number of benzene rings is 1. The number of amides is 1. The number of carbonyl (C=O) groups is 1. The molecule has 0 aliphatic rings. The Morgan fingerprint density at radius 1 is 1.44 bits per heavy atom. The fraction of sp³-hybridized carbons (Fsp3) is 0.429. The van der Waals surface area contributed by atoms with Crippen LogP contribution in [0.4, 0.5) is 0 Å². The smallest absolute Gasteiger partial charge is 0.220 e. The van der Waals surface area contributed by atoms with E-state index in [4.69, 9.17) is 4.42 Å². The Morgan fingerprint density at radius 3 is 2.94 bits per heavy atom. The maximum absolute atomic E-state index is 11.5. The van der Waals surface area contributed by atoms with Gasteiger partial charge in [-0.05, 0) is 23.6 Å². The maximum atomic E-state index is 11.5. The first kappa shape index (κ1) is 12.6. The highest BCUT2D eigenvalue weighted by Gasteiger charge is 2.06. The first-order chi connectivity index (χ1) is 8.54. The second-order valence-corrected chi connectivity index (χ2v) is 4.91. The van der Waals surface area contributed by atoms with E-state index < -0.39 is 0 Å². The topological polar surface area (TPSA) is 55.1 Å². The van der Waals surface area contributed by atoms with Crippen molar-refractivity contribution in [3.05, 3.63) is 29.7 Å². The van der Waals surface area contributed by atoms with Gasteiger partial charge in [-0.3, -0.25) is 4.79 Å². The normalized spacial score (nSPS) is 11.1. The lowest BCUT2D eigenvalue weighted by molar-refractivity contribution is -0.121. The highest BCUT2D eigenvalue weighted by molar-refractivity contribution is 5.76. The third-order valence-electron chi connectivity index (χ3n) is 2.64. The van der Waals surface area contributed by atoms with E-state index in [9.17, 15) is 4.79 Å².